The molecule has 1 aliphatic heterocycles. The molecule has 0 radical (unpaired) electrons. The van der Waals surface area contributed by atoms with Gasteiger partial charge in [-0.05, 0) is 19.4 Å². The zero-order valence-electron chi connectivity index (χ0n) is 8.76. The first-order valence-electron chi connectivity index (χ1n) is 5.41. The van der Waals surface area contributed by atoms with Crippen molar-refractivity contribution in [1.29, 1.82) is 0 Å². The molecular formula is C9H18N2O3S. The monoisotopic (exact) mass is 234 g/mol. The third-order valence-corrected chi connectivity index (χ3v) is 5.51. The number of ether oxygens (including phenoxy) is 1. The first-order chi connectivity index (χ1) is 7.14. The fourth-order valence-electron chi connectivity index (χ4n) is 1.91. The van der Waals surface area contributed by atoms with E-state index in [1.165, 1.54) is 4.31 Å². The number of hydrogen-bond donors (Lipinski definition) is 1. The molecule has 0 aromatic rings. The van der Waals surface area contributed by atoms with Crippen LogP contribution in [-0.2, 0) is 14.8 Å². The normalized spacial score (nSPS) is 30.1. The van der Waals surface area contributed by atoms with Gasteiger partial charge in [0.15, 0.2) is 0 Å². The summed E-state index contributed by atoms with van der Waals surface area (Å²) in [5.74, 6) is 0.147. The second kappa shape index (κ2) is 4.37. The van der Waals surface area contributed by atoms with Crippen LogP contribution in [0.1, 0.15) is 19.3 Å². The van der Waals surface area contributed by atoms with Crippen molar-refractivity contribution < 1.29 is 13.2 Å². The summed E-state index contributed by atoms with van der Waals surface area (Å²) in [7, 11) is -3.12. The molecule has 0 aromatic heterocycles. The summed E-state index contributed by atoms with van der Waals surface area (Å²) in [6.07, 6.45) is 2.62. The van der Waals surface area contributed by atoms with E-state index in [9.17, 15) is 8.42 Å². The van der Waals surface area contributed by atoms with E-state index >= 15 is 0 Å². The zero-order chi connectivity index (χ0) is 10.9. The minimum Gasteiger partial charge on any atom is -0.365 e. The van der Waals surface area contributed by atoms with E-state index in [4.69, 9.17) is 10.5 Å². The lowest BCUT2D eigenvalue weighted by Crippen LogP contribution is -2.49. The number of rotatable bonds is 3. The highest BCUT2D eigenvalue weighted by atomic mass is 32.2. The van der Waals surface area contributed by atoms with Crippen LogP contribution in [0.15, 0.2) is 0 Å². The number of sulfonamides is 1. The highest BCUT2D eigenvalue weighted by molar-refractivity contribution is 7.89. The smallest absolute Gasteiger partial charge is 0.218 e. The molecule has 1 heterocycles. The summed E-state index contributed by atoms with van der Waals surface area (Å²) < 4.78 is 30.8. The van der Waals surface area contributed by atoms with Crippen LogP contribution in [0.5, 0.6) is 0 Å². The van der Waals surface area contributed by atoms with Crippen LogP contribution in [-0.4, -0.2) is 44.4 Å². The summed E-state index contributed by atoms with van der Waals surface area (Å²) in [5.41, 5.74) is 5.53. The Bertz CT molecular complexity index is 313. The van der Waals surface area contributed by atoms with Gasteiger partial charge in [0.1, 0.15) is 6.73 Å². The predicted molar refractivity (Wildman–Crippen MR) is 56.6 cm³/mol. The predicted octanol–water partition coefficient (Wildman–Crippen LogP) is -0.267. The highest BCUT2D eigenvalue weighted by Gasteiger charge is 2.38. The molecule has 1 atom stereocenters. The van der Waals surface area contributed by atoms with Crippen molar-refractivity contribution in [3.05, 3.63) is 0 Å². The second-order valence-corrected chi connectivity index (χ2v) is 6.55. The molecule has 0 amide bonds. The Morgan fingerprint density at radius 2 is 2.13 bits per heavy atom. The Labute approximate surface area is 90.6 Å². The maximum Gasteiger partial charge on any atom is 0.218 e. The quantitative estimate of drug-likeness (QED) is 0.730. The molecule has 88 valence electrons. The van der Waals surface area contributed by atoms with Gasteiger partial charge in [-0.25, -0.2) is 8.42 Å². The molecule has 0 spiro atoms. The van der Waals surface area contributed by atoms with Gasteiger partial charge in [0.2, 0.25) is 10.0 Å². The van der Waals surface area contributed by atoms with Crippen molar-refractivity contribution in [2.24, 2.45) is 11.7 Å². The van der Waals surface area contributed by atoms with Gasteiger partial charge in [0, 0.05) is 12.5 Å². The third kappa shape index (κ3) is 2.18. The molecule has 5 nitrogen and oxygen atoms in total. The van der Waals surface area contributed by atoms with E-state index in [1.807, 2.05) is 0 Å². The lowest BCUT2D eigenvalue weighted by Gasteiger charge is -2.36. The Hall–Kier alpha value is -0.170. The van der Waals surface area contributed by atoms with Crippen LogP contribution in [0.4, 0.5) is 0 Å². The maximum absolute atomic E-state index is 12.0. The molecule has 1 unspecified atom stereocenters. The Kier molecular flexibility index (Phi) is 3.30. The molecule has 2 aliphatic rings. The minimum absolute atomic E-state index is 0.147. The number of nitrogens with zero attached hydrogens (tertiary/aromatic N) is 1. The van der Waals surface area contributed by atoms with Crippen molar-refractivity contribution in [1.82, 2.24) is 4.31 Å². The molecule has 2 N–H and O–H groups in total. The van der Waals surface area contributed by atoms with Crippen molar-refractivity contribution >= 4 is 10.0 Å². The van der Waals surface area contributed by atoms with Gasteiger partial charge in [-0.15, -0.1) is 0 Å². The average Bonchev–Trinajstić information content (AvgIpc) is 2.14. The van der Waals surface area contributed by atoms with Crippen LogP contribution >= 0.6 is 0 Å². The fraction of sp³-hybridized carbons (Fsp3) is 1.00. The second-order valence-electron chi connectivity index (χ2n) is 4.33. The summed E-state index contributed by atoms with van der Waals surface area (Å²) in [6.45, 7) is 1.79. The summed E-state index contributed by atoms with van der Waals surface area (Å²) in [6, 6.07) is 0. The van der Waals surface area contributed by atoms with E-state index in [0.29, 0.717) is 19.7 Å². The molecule has 0 bridgehead atoms. The number of hydrogen-bond acceptors (Lipinski definition) is 4. The van der Waals surface area contributed by atoms with E-state index in [1.54, 1.807) is 0 Å². The topological polar surface area (TPSA) is 72.6 Å². The largest absolute Gasteiger partial charge is 0.365 e. The zero-order valence-corrected chi connectivity index (χ0v) is 9.58. The van der Waals surface area contributed by atoms with Gasteiger partial charge in [-0.1, -0.05) is 6.42 Å². The average molecular weight is 234 g/mol. The molecule has 6 heteroatoms. The Morgan fingerprint density at radius 3 is 2.67 bits per heavy atom. The van der Waals surface area contributed by atoms with Crippen LogP contribution in [0, 0.1) is 5.92 Å². The van der Waals surface area contributed by atoms with Gasteiger partial charge in [0.05, 0.1) is 11.9 Å². The summed E-state index contributed by atoms with van der Waals surface area (Å²) in [5, 5.41) is -0.169. The van der Waals surface area contributed by atoms with Gasteiger partial charge in [-0.2, -0.15) is 4.31 Å². The standard InChI is InChI=1S/C9H18N2O3S/c10-4-8-5-11(7-14-6-8)15(12,13)9-2-1-3-9/h8-9H,1-7,10H2. The highest BCUT2D eigenvalue weighted by Crippen LogP contribution is 2.29. The molecule has 2 fully saturated rings. The maximum atomic E-state index is 12.0. The van der Waals surface area contributed by atoms with E-state index in [2.05, 4.69) is 0 Å². The third-order valence-electron chi connectivity index (χ3n) is 3.22. The van der Waals surface area contributed by atoms with Gasteiger partial charge < -0.3 is 10.5 Å². The van der Waals surface area contributed by atoms with Crippen molar-refractivity contribution in [3.8, 4) is 0 Å². The molecule has 15 heavy (non-hydrogen) atoms. The number of nitrogens with two attached hydrogens (primary N) is 1. The Balaban J connectivity index is 2.02. The lowest BCUT2D eigenvalue weighted by molar-refractivity contribution is -0.00294. The SMILES string of the molecule is NCC1COCN(S(=O)(=O)C2CCC2)C1. The van der Waals surface area contributed by atoms with Crippen molar-refractivity contribution in [2.45, 2.75) is 24.5 Å². The summed E-state index contributed by atoms with van der Waals surface area (Å²) in [4.78, 5) is 0. The first kappa shape index (κ1) is 11.3. The van der Waals surface area contributed by atoms with Gasteiger partial charge in [0.25, 0.3) is 0 Å². The van der Waals surface area contributed by atoms with Gasteiger partial charge in [-0.3, -0.25) is 0 Å². The van der Waals surface area contributed by atoms with E-state index < -0.39 is 10.0 Å². The molecule has 1 aliphatic carbocycles. The summed E-state index contributed by atoms with van der Waals surface area (Å²) >= 11 is 0. The minimum atomic E-state index is -3.12. The van der Waals surface area contributed by atoms with Crippen molar-refractivity contribution in [3.63, 3.8) is 0 Å². The lowest BCUT2D eigenvalue weighted by atomic mass is 10.0. The molecular weight excluding hydrogens is 216 g/mol. The van der Waals surface area contributed by atoms with Gasteiger partial charge >= 0.3 is 0 Å². The molecule has 1 saturated carbocycles. The van der Waals surface area contributed by atoms with Crippen LogP contribution in [0.2, 0.25) is 0 Å². The molecule has 1 saturated heterocycles. The van der Waals surface area contributed by atoms with Crippen LogP contribution in [0.25, 0.3) is 0 Å². The van der Waals surface area contributed by atoms with Crippen LogP contribution in [0.3, 0.4) is 0 Å². The van der Waals surface area contributed by atoms with E-state index in [-0.39, 0.29) is 17.9 Å². The molecule has 0 aromatic carbocycles. The van der Waals surface area contributed by atoms with Crippen LogP contribution < -0.4 is 5.73 Å². The van der Waals surface area contributed by atoms with E-state index in [0.717, 1.165) is 19.3 Å². The Morgan fingerprint density at radius 1 is 1.40 bits per heavy atom. The fourth-order valence-corrected chi connectivity index (χ4v) is 3.90. The first-order valence-corrected chi connectivity index (χ1v) is 6.91. The van der Waals surface area contributed by atoms with Crippen molar-refractivity contribution in [2.75, 3.05) is 26.4 Å². The molecule has 2 rings (SSSR count).